The summed E-state index contributed by atoms with van der Waals surface area (Å²) in [4.78, 5) is 12.7. The Morgan fingerprint density at radius 1 is 1.05 bits per heavy atom. The molecule has 0 unspecified atom stereocenters. The van der Waals surface area contributed by atoms with E-state index in [1.807, 2.05) is 18.2 Å². The molecule has 2 saturated carbocycles. The lowest BCUT2D eigenvalue weighted by atomic mass is 9.83. The largest absolute Gasteiger partial charge is 0.294 e. The molecule has 0 radical (unpaired) electrons. The van der Waals surface area contributed by atoms with E-state index < -0.39 is 11.3 Å². The topological polar surface area (TPSA) is 64.7 Å². The molecule has 2 aliphatic carbocycles. The molecule has 0 saturated heterocycles. The monoisotopic (exact) mass is 278 g/mol. The highest BCUT2D eigenvalue weighted by molar-refractivity contribution is 6.01. The van der Waals surface area contributed by atoms with Gasteiger partial charge in [0.05, 0.1) is 18.1 Å². The van der Waals surface area contributed by atoms with E-state index >= 15 is 0 Å². The normalized spacial score (nSPS) is 27.3. The summed E-state index contributed by atoms with van der Waals surface area (Å²) in [5, 5.41) is 19.0. The number of carbonyl (C=O) groups excluding carboxylic acids is 1. The molecule has 0 aromatic heterocycles. The van der Waals surface area contributed by atoms with Gasteiger partial charge in [0.25, 0.3) is 0 Å². The summed E-state index contributed by atoms with van der Waals surface area (Å²) < 4.78 is 0. The summed E-state index contributed by atoms with van der Waals surface area (Å²) in [7, 11) is 0. The maximum atomic E-state index is 12.7. The van der Waals surface area contributed by atoms with Crippen LogP contribution in [0.2, 0.25) is 0 Å². The molecule has 2 atom stereocenters. The molecule has 21 heavy (non-hydrogen) atoms. The van der Waals surface area contributed by atoms with Gasteiger partial charge in [0.2, 0.25) is 0 Å². The molecular formula is C18H18N2O. The Hall–Kier alpha value is -2.13. The quantitative estimate of drug-likeness (QED) is 0.791. The molecule has 0 amide bonds. The predicted octanol–water partition coefficient (Wildman–Crippen LogP) is 3.73. The fourth-order valence-electron chi connectivity index (χ4n) is 4.02. The van der Waals surface area contributed by atoms with Crippen LogP contribution in [0.15, 0.2) is 30.3 Å². The molecular weight excluding hydrogens is 260 g/mol. The summed E-state index contributed by atoms with van der Waals surface area (Å²) in [6.07, 6.45) is 5.63. The van der Waals surface area contributed by atoms with Crippen LogP contribution >= 0.6 is 0 Å². The minimum Gasteiger partial charge on any atom is -0.294 e. The second-order valence-corrected chi connectivity index (χ2v) is 6.22. The van der Waals surface area contributed by atoms with E-state index in [1.165, 1.54) is 6.42 Å². The Morgan fingerprint density at radius 3 is 2.24 bits per heavy atom. The third-order valence-corrected chi connectivity index (χ3v) is 5.13. The van der Waals surface area contributed by atoms with Gasteiger partial charge >= 0.3 is 0 Å². The molecule has 2 aliphatic rings. The highest BCUT2D eigenvalue weighted by Gasteiger charge is 2.71. The van der Waals surface area contributed by atoms with E-state index in [4.69, 9.17) is 0 Å². The molecule has 3 nitrogen and oxygen atoms in total. The minimum absolute atomic E-state index is 0.0331. The van der Waals surface area contributed by atoms with Crippen molar-refractivity contribution in [2.45, 2.75) is 32.1 Å². The van der Waals surface area contributed by atoms with Crippen molar-refractivity contribution in [1.29, 1.82) is 10.5 Å². The average Bonchev–Trinajstić information content (AvgIpc) is 3.25. The summed E-state index contributed by atoms with van der Waals surface area (Å²) in [5.41, 5.74) is -0.467. The predicted molar refractivity (Wildman–Crippen MR) is 78.0 cm³/mol. The van der Waals surface area contributed by atoms with Crippen molar-refractivity contribution >= 4 is 5.78 Å². The van der Waals surface area contributed by atoms with Gasteiger partial charge in [-0.15, -0.1) is 0 Å². The summed E-state index contributed by atoms with van der Waals surface area (Å²) in [5.74, 6) is -0.177. The van der Waals surface area contributed by atoms with Crippen LogP contribution in [0, 0.1) is 45.8 Å². The first-order valence-corrected chi connectivity index (χ1v) is 7.66. The molecule has 3 heteroatoms. The van der Waals surface area contributed by atoms with Gasteiger partial charge in [0, 0.05) is 11.5 Å². The van der Waals surface area contributed by atoms with Crippen molar-refractivity contribution in [1.82, 2.24) is 0 Å². The van der Waals surface area contributed by atoms with Crippen molar-refractivity contribution in [2.24, 2.45) is 23.2 Å². The van der Waals surface area contributed by atoms with Crippen molar-refractivity contribution in [3.8, 4) is 12.1 Å². The Morgan fingerprint density at radius 2 is 1.67 bits per heavy atom. The van der Waals surface area contributed by atoms with Crippen molar-refractivity contribution < 1.29 is 4.79 Å². The van der Waals surface area contributed by atoms with Gasteiger partial charge in [-0.2, -0.15) is 10.5 Å². The van der Waals surface area contributed by atoms with Gasteiger partial charge in [0.15, 0.2) is 11.2 Å². The smallest absolute Gasteiger partial charge is 0.169 e. The lowest BCUT2D eigenvalue weighted by Gasteiger charge is -2.21. The second kappa shape index (κ2) is 5.34. The van der Waals surface area contributed by atoms with Crippen LogP contribution in [0.4, 0.5) is 0 Å². The third-order valence-electron chi connectivity index (χ3n) is 5.13. The van der Waals surface area contributed by atoms with Crippen LogP contribution < -0.4 is 0 Å². The highest BCUT2D eigenvalue weighted by atomic mass is 16.1. The number of rotatable bonds is 3. The highest BCUT2D eigenvalue weighted by Crippen LogP contribution is 2.64. The molecule has 1 aromatic carbocycles. The molecule has 0 bridgehead atoms. The van der Waals surface area contributed by atoms with Crippen LogP contribution in [-0.4, -0.2) is 5.78 Å². The van der Waals surface area contributed by atoms with Crippen molar-refractivity contribution in [2.75, 3.05) is 0 Å². The maximum Gasteiger partial charge on any atom is 0.169 e. The van der Waals surface area contributed by atoms with Gasteiger partial charge in [-0.3, -0.25) is 4.79 Å². The number of carbonyl (C=O) groups is 1. The van der Waals surface area contributed by atoms with E-state index in [-0.39, 0.29) is 11.7 Å². The van der Waals surface area contributed by atoms with Crippen LogP contribution in [0.3, 0.4) is 0 Å². The molecule has 1 aromatic rings. The zero-order valence-corrected chi connectivity index (χ0v) is 12.0. The van der Waals surface area contributed by atoms with E-state index in [0.29, 0.717) is 11.5 Å². The van der Waals surface area contributed by atoms with E-state index in [1.54, 1.807) is 12.1 Å². The first-order valence-electron chi connectivity index (χ1n) is 7.66. The number of nitrogens with zero attached hydrogens (tertiary/aromatic N) is 2. The minimum atomic E-state index is -1.09. The number of Topliss-reactive ketones (excluding diaryl/α,β-unsaturated/α-hetero) is 1. The molecule has 0 spiro atoms. The van der Waals surface area contributed by atoms with E-state index in [2.05, 4.69) is 12.1 Å². The number of hydrogen-bond donors (Lipinski definition) is 0. The number of benzene rings is 1. The first-order chi connectivity index (χ1) is 10.2. The second-order valence-electron chi connectivity index (χ2n) is 6.22. The molecule has 0 aliphatic heterocycles. The third kappa shape index (κ3) is 2.14. The SMILES string of the molecule is N#CC1(C#N)[C@@H](C(=O)c2ccccc2)[C@@H]1C1CCCCC1. The van der Waals surface area contributed by atoms with Gasteiger partial charge in [-0.1, -0.05) is 62.4 Å². The Bertz CT molecular complexity index is 603. The lowest BCUT2D eigenvalue weighted by molar-refractivity contribution is 0.0948. The van der Waals surface area contributed by atoms with Crippen LogP contribution in [0.5, 0.6) is 0 Å². The van der Waals surface area contributed by atoms with Crippen LogP contribution in [-0.2, 0) is 0 Å². The van der Waals surface area contributed by atoms with Gasteiger partial charge in [0.1, 0.15) is 0 Å². The summed E-state index contributed by atoms with van der Waals surface area (Å²) >= 11 is 0. The first kappa shape index (κ1) is 13.8. The molecule has 3 rings (SSSR count). The number of nitriles is 2. The Labute approximate surface area is 125 Å². The summed E-state index contributed by atoms with van der Waals surface area (Å²) in [6, 6.07) is 13.4. The fourth-order valence-corrected chi connectivity index (χ4v) is 4.02. The van der Waals surface area contributed by atoms with E-state index in [0.717, 1.165) is 25.7 Å². The number of hydrogen-bond acceptors (Lipinski definition) is 3. The van der Waals surface area contributed by atoms with Gasteiger partial charge in [-0.25, -0.2) is 0 Å². The zero-order chi connectivity index (χ0) is 14.9. The van der Waals surface area contributed by atoms with Crippen molar-refractivity contribution in [3.05, 3.63) is 35.9 Å². The lowest BCUT2D eigenvalue weighted by Crippen LogP contribution is -2.13. The molecule has 106 valence electrons. The van der Waals surface area contributed by atoms with Crippen molar-refractivity contribution in [3.63, 3.8) is 0 Å². The average molecular weight is 278 g/mol. The zero-order valence-electron chi connectivity index (χ0n) is 12.0. The van der Waals surface area contributed by atoms with Crippen LogP contribution in [0.25, 0.3) is 0 Å². The number of ketones is 1. The van der Waals surface area contributed by atoms with E-state index in [9.17, 15) is 15.3 Å². The Kier molecular flexibility index (Phi) is 3.52. The molecule has 0 N–H and O–H groups in total. The summed E-state index contributed by atoms with van der Waals surface area (Å²) in [6.45, 7) is 0. The van der Waals surface area contributed by atoms with Gasteiger partial charge < -0.3 is 0 Å². The molecule has 2 fully saturated rings. The van der Waals surface area contributed by atoms with Gasteiger partial charge in [-0.05, 0) is 5.92 Å². The maximum absolute atomic E-state index is 12.7. The molecule has 0 heterocycles. The standard InChI is InChI=1S/C18H18N2O/c19-11-18(12-20)15(13-7-3-1-4-8-13)16(18)17(21)14-9-5-2-6-10-14/h2,5-6,9-10,13,15-16H,1,3-4,7-8H2/t15-,16+/m0/s1. The van der Waals surface area contributed by atoms with Crippen LogP contribution in [0.1, 0.15) is 42.5 Å². The fraction of sp³-hybridized carbons (Fsp3) is 0.500. The Balaban J connectivity index is 1.88.